The highest BCUT2D eigenvalue weighted by Gasteiger charge is 2.16. The molecule has 0 saturated heterocycles. The van der Waals surface area contributed by atoms with Crippen LogP contribution in [0.2, 0.25) is 0 Å². The lowest BCUT2D eigenvalue weighted by molar-refractivity contribution is 0.101. The van der Waals surface area contributed by atoms with Crippen LogP contribution in [-0.4, -0.2) is 12.9 Å². The number of rotatable bonds is 2. The summed E-state index contributed by atoms with van der Waals surface area (Å²) in [5.41, 5.74) is 1.25. The first-order valence-corrected chi connectivity index (χ1v) is 5.19. The Hall–Kier alpha value is -1.29. The summed E-state index contributed by atoms with van der Waals surface area (Å²) in [6.07, 6.45) is 1.57. The first kappa shape index (κ1) is 10.2. The fourth-order valence-electron chi connectivity index (χ4n) is 1.56. The van der Waals surface area contributed by atoms with Crippen molar-refractivity contribution in [3.05, 3.63) is 28.4 Å². The van der Waals surface area contributed by atoms with Crippen molar-refractivity contribution in [1.82, 2.24) is 0 Å². The maximum atomic E-state index is 11.4. The molecule has 3 nitrogen and oxygen atoms in total. The molecule has 0 unspecified atom stereocenters. The largest absolute Gasteiger partial charge is 0.495 e. The first-order valence-electron chi connectivity index (χ1n) is 4.39. The fraction of sp³-hybridized carbons (Fsp3) is 0.182. The van der Waals surface area contributed by atoms with E-state index in [-0.39, 0.29) is 5.78 Å². The number of furan rings is 1. The smallest absolute Gasteiger partial charge is 0.163 e. The molecule has 0 spiro atoms. The van der Waals surface area contributed by atoms with E-state index in [1.165, 1.54) is 6.92 Å². The van der Waals surface area contributed by atoms with Crippen molar-refractivity contribution in [2.45, 2.75) is 6.92 Å². The molecule has 1 heterocycles. The summed E-state index contributed by atoms with van der Waals surface area (Å²) >= 11 is 3.36. The highest BCUT2D eigenvalue weighted by atomic mass is 79.9. The Balaban J connectivity index is 2.87. The minimum absolute atomic E-state index is 0.0318. The van der Waals surface area contributed by atoms with Crippen LogP contribution in [0, 0.1) is 0 Å². The molecule has 2 aromatic rings. The predicted molar refractivity (Wildman–Crippen MR) is 60.5 cm³/mol. The number of ketones is 1. The van der Waals surface area contributed by atoms with Crippen molar-refractivity contribution >= 4 is 32.7 Å². The van der Waals surface area contributed by atoms with E-state index in [0.29, 0.717) is 16.9 Å². The summed E-state index contributed by atoms with van der Waals surface area (Å²) in [6, 6.07) is 3.50. The molecule has 1 aromatic heterocycles. The second kappa shape index (κ2) is 3.70. The van der Waals surface area contributed by atoms with Crippen LogP contribution in [0.5, 0.6) is 5.75 Å². The highest BCUT2D eigenvalue weighted by molar-refractivity contribution is 9.10. The van der Waals surface area contributed by atoms with E-state index < -0.39 is 0 Å². The number of benzene rings is 1. The van der Waals surface area contributed by atoms with Gasteiger partial charge in [-0.1, -0.05) is 0 Å². The van der Waals surface area contributed by atoms with Crippen LogP contribution < -0.4 is 4.74 Å². The number of carbonyl (C=O) groups excluding carboxylic acids is 1. The van der Waals surface area contributed by atoms with Crippen LogP contribution in [0.4, 0.5) is 0 Å². The number of Topliss-reactive ketones (excluding diaryl/α,β-unsaturated/α-hetero) is 1. The van der Waals surface area contributed by atoms with Gasteiger partial charge in [-0.25, -0.2) is 0 Å². The number of carbonyl (C=O) groups is 1. The zero-order valence-corrected chi connectivity index (χ0v) is 9.92. The number of hydrogen-bond donors (Lipinski definition) is 0. The van der Waals surface area contributed by atoms with Crippen LogP contribution in [0.3, 0.4) is 0 Å². The maximum Gasteiger partial charge on any atom is 0.163 e. The lowest BCUT2D eigenvalue weighted by atomic mass is 10.1. The monoisotopic (exact) mass is 268 g/mol. The predicted octanol–water partition coefficient (Wildman–Crippen LogP) is 3.41. The topological polar surface area (TPSA) is 39.4 Å². The van der Waals surface area contributed by atoms with Crippen LogP contribution in [0.1, 0.15) is 17.3 Å². The molecule has 0 bridgehead atoms. The lowest BCUT2D eigenvalue weighted by Gasteiger charge is -2.07. The van der Waals surface area contributed by atoms with Crippen LogP contribution in [-0.2, 0) is 0 Å². The Morgan fingerprint density at radius 1 is 1.53 bits per heavy atom. The van der Waals surface area contributed by atoms with E-state index in [1.54, 1.807) is 25.5 Å². The van der Waals surface area contributed by atoms with E-state index in [1.807, 2.05) is 0 Å². The second-order valence-corrected chi connectivity index (χ2v) is 4.01. The van der Waals surface area contributed by atoms with E-state index in [4.69, 9.17) is 9.15 Å². The Kier molecular flexibility index (Phi) is 2.52. The molecule has 0 saturated carbocycles. The third kappa shape index (κ3) is 1.55. The van der Waals surface area contributed by atoms with Gasteiger partial charge in [0.15, 0.2) is 11.4 Å². The number of fused-ring (bicyclic) bond motifs is 1. The average Bonchev–Trinajstić information content (AvgIpc) is 2.66. The van der Waals surface area contributed by atoms with E-state index in [9.17, 15) is 4.79 Å². The quantitative estimate of drug-likeness (QED) is 0.784. The number of ether oxygens (including phenoxy) is 1. The molecule has 0 fully saturated rings. The molecule has 0 aliphatic rings. The molecule has 0 aliphatic carbocycles. The Morgan fingerprint density at radius 2 is 2.27 bits per heavy atom. The molecule has 0 N–H and O–H groups in total. The molecule has 78 valence electrons. The van der Waals surface area contributed by atoms with E-state index >= 15 is 0 Å². The molecule has 1 aromatic carbocycles. The third-order valence-corrected chi connectivity index (χ3v) is 2.81. The number of methoxy groups -OCH3 is 1. The summed E-state index contributed by atoms with van der Waals surface area (Å²) < 4.78 is 11.3. The summed E-state index contributed by atoms with van der Waals surface area (Å²) in [5, 5.41) is 0.803. The molecule has 0 aliphatic heterocycles. The van der Waals surface area contributed by atoms with Gasteiger partial charge in [0.1, 0.15) is 5.75 Å². The summed E-state index contributed by atoms with van der Waals surface area (Å²) in [6.45, 7) is 1.51. The Morgan fingerprint density at radius 3 is 2.87 bits per heavy atom. The van der Waals surface area contributed by atoms with Gasteiger partial charge >= 0.3 is 0 Å². The number of hydrogen-bond acceptors (Lipinski definition) is 3. The normalized spacial score (nSPS) is 10.6. The van der Waals surface area contributed by atoms with Gasteiger partial charge in [-0.2, -0.15) is 0 Å². The van der Waals surface area contributed by atoms with Crippen molar-refractivity contribution in [2.24, 2.45) is 0 Å². The molecule has 2 rings (SSSR count). The number of halogens is 1. The second-order valence-electron chi connectivity index (χ2n) is 3.16. The van der Waals surface area contributed by atoms with Crippen molar-refractivity contribution in [3.8, 4) is 5.75 Å². The Bertz CT molecular complexity index is 528. The van der Waals surface area contributed by atoms with Crippen molar-refractivity contribution in [1.29, 1.82) is 0 Å². The molecular formula is C11H9BrO3. The summed E-state index contributed by atoms with van der Waals surface area (Å²) in [5.74, 6) is 0.533. The molecule has 0 radical (unpaired) electrons. The van der Waals surface area contributed by atoms with Gasteiger partial charge < -0.3 is 9.15 Å². The van der Waals surface area contributed by atoms with Gasteiger partial charge in [0, 0.05) is 0 Å². The molecule has 0 atom stereocenters. The fourth-order valence-corrected chi connectivity index (χ4v) is 2.09. The first-order chi connectivity index (χ1) is 7.15. The van der Waals surface area contributed by atoms with Crippen LogP contribution in [0.25, 0.3) is 11.0 Å². The zero-order valence-electron chi connectivity index (χ0n) is 8.33. The van der Waals surface area contributed by atoms with Gasteiger partial charge in [-0.3, -0.25) is 4.79 Å². The van der Waals surface area contributed by atoms with Gasteiger partial charge in [-0.15, -0.1) is 0 Å². The van der Waals surface area contributed by atoms with E-state index in [2.05, 4.69) is 15.9 Å². The van der Waals surface area contributed by atoms with Crippen molar-refractivity contribution < 1.29 is 13.9 Å². The average molecular weight is 269 g/mol. The lowest BCUT2D eigenvalue weighted by Crippen LogP contribution is -1.98. The molecule has 0 amide bonds. The van der Waals surface area contributed by atoms with Gasteiger partial charge in [-0.05, 0) is 35.0 Å². The molecular weight excluding hydrogens is 260 g/mol. The standard InChI is InChI=1S/C11H9BrO3/c1-6(13)8-5-9(12)11-7(3-4-15-11)10(8)14-2/h3-5H,1-2H3. The Labute approximate surface area is 95.1 Å². The zero-order chi connectivity index (χ0) is 11.0. The molecule has 15 heavy (non-hydrogen) atoms. The molecule has 4 heteroatoms. The minimum Gasteiger partial charge on any atom is -0.495 e. The van der Waals surface area contributed by atoms with Gasteiger partial charge in [0.05, 0.1) is 28.8 Å². The summed E-state index contributed by atoms with van der Waals surface area (Å²) in [4.78, 5) is 11.4. The van der Waals surface area contributed by atoms with Crippen LogP contribution in [0.15, 0.2) is 27.3 Å². The summed E-state index contributed by atoms with van der Waals surface area (Å²) in [7, 11) is 1.54. The van der Waals surface area contributed by atoms with E-state index in [0.717, 1.165) is 9.86 Å². The maximum absolute atomic E-state index is 11.4. The minimum atomic E-state index is -0.0318. The van der Waals surface area contributed by atoms with Crippen molar-refractivity contribution in [2.75, 3.05) is 7.11 Å². The SMILES string of the molecule is COc1c(C(C)=O)cc(Br)c2occc12. The third-order valence-electron chi connectivity index (χ3n) is 2.23. The van der Waals surface area contributed by atoms with Crippen molar-refractivity contribution in [3.63, 3.8) is 0 Å². The highest BCUT2D eigenvalue weighted by Crippen LogP contribution is 2.36. The van der Waals surface area contributed by atoms with Gasteiger partial charge in [0.25, 0.3) is 0 Å². The van der Waals surface area contributed by atoms with Gasteiger partial charge in [0.2, 0.25) is 0 Å². The van der Waals surface area contributed by atoms with Crippen LogP contribution >= 0.6 is 15.9 Å².